The van der Waals surface area contributed by atoms with Gasteiger partial charge in [0.1, 0.15) is 11.5 Å². The molecule has 25 heavy (non-hydrogen) atoms. The SMILES string of the molecule is O=C(O)c1cc2cc(F)c(Cl)cc2n1Cc1cccc2ccccc12. The van der Waals surface area contributed by atoms with Gasteiger partial charge in [0, 0.05) is 11.9 Å². The van der Waals surface area contributed by atoms with Gasteiger partial charge in [-0.05, 0) is 34.5 Å². The Labute approximate surface area is 147 Å². The highest BCUT2D eigenvalue weighted by atomic mass is 35.5. The normalized spacial score (nSPS) is 11.3. The van der Waals surface area contributed by atoms with E-state index in [9.17, 15) is 14.3 Å². The van der Waals surface area contributed by atoms with E-state index in [2.05, 4.69) is 0 Å². The maximum atomic E-state index is 13.7. The van der Waals surface area contributed by atoms with Crippen molar-refractivity contribution < 1.29 is 14.3 Å². The first kappa shape index (κ1) is 15.7. The smallest absolute Gasteiger partial charge is 0.352 e. The van der Waals surface area contributed by atoms with Crippen LogP contribution in [-0.2, 0) is 6.54 Å². The Morgan fingerprint density at radius 2 is 1.80 bits per heavy atom. The summed E-state index contributed by atoms with van der Waals surface area (Å²) in [6.07, 6.45) is 0. The minimum absolute atomic E-state index is 0.0262. The van der Waals surface area contributed by atoms with Crippen LogP contribution in [0.1, 0.15) is 16.1 Å². The van der Waals surface area contributed by atoms with Crippen LogP contribution in [0.3, 0.4) is 0 Å². The summed E-state index contributed by atoms with van der Waals surface area (Å²) >= 11 is 5.91. The van der Waals surface area contributed by atoms with Crippen LogP contribution >= 0.6 is 11.6 Å². The molecule has 124 valence electrons. The molecular formula is C20H13ClFNO2. The first-order valence-corrected chi connectivity index (χ1v) is 8.10. The van der Waals surface area contributed by atoms with Crippen LogP contribution in [-0.4, -0.2) is 15.6 Å². The number of hydrogen-bond acceptors (Lipinski definition) is 1. The molecule has 0 bridgehead atoms. The van der Waals surface area contributed by atoms with E-state index in [1.165, 1.54) is 18.2 Å². The fourth-order valence-corrected chi connectivity index (χ4v) is 3.36. The zero-order valence-electron chi connectivity index (χ0n) is 13.0. The number of carbonyl (C=O) groups is 1. The average molecular weight is 354 g/mol. The molecule has 0 aliphatic heterocycles. The molecule has 3 aromatic carbocycles. The van der Waals surface area contributed by atoms with Gasteiger partial charge in [0.25, 0.3) is 0 Å². The molecule has 0 saturated heterocycles. The highest BCUT2D eigenvalue weighted by Crippen LogP contribution is 2.28. The van der Waals surface area contributed by atoms with Crippen molar-refractivity contribution in [2.24, 2.45) is 0 Å². The van der Waals surface area contributed by atoms with Crippen molar-refractivity contribution in [2.75, 3.05) is 0 Å². The Balaban J connectivity index is 1.95. The second-order valence-corrected chi connectivity index (χ2v) is 6.29. The highest BCUT2D eigenvalue weighted by molar-refractivity contribution is 6.31. The van der Waals surface area contributed by atoms with Crippen LogP contribution < -0.4 is 0 Å². The van der Waals surface area contributed by atoms with E-state index >= 15 is 0 Å². The summed E-state index contributed by atoms with van der Waals surface area (Å²) in [6.45, 7) is 0.356. The number of carboxylic acids is 1. The van der Waals surface area contributed by atoms with Crippen molar-refractivity contribution in [2.45, 2.75) is 6.54 Å². The molecule has 4 rings (SSSR count). The van der Waals surface area contributed by atoms with Crippen molar-refractivity contribution in [3.8, 4) is 0 Å². The van der Waals surface area contributed by atoms with Crippen LogP contribution in [0, 0.1) is 5.82 Å². The average Bonchev–Trinajstić information content (AvgIpc) is 2.94. The van der Waals surface area contributed by atoms with Gasteiger partial charge >= 0.3 is 5.97 Å². The lowest BCUT2D eigenvalue weighted by molar-refractivity contribution is 0.0686. The summed E-state index contributed by atoms with van der Waals surface area (Å²) in [5, 5.41) is 12.2. The summed E-state index contributed by atoms with van der Waals surface area (Å²) in [5.41, 5.74) is 1.68. The lowest BCUT2D eigenvalue weighted by Gasteiger charge is -2.11. The maximum absolute atomic E-state index is 13.7. The fraction of sp³-hybridized carbons (Fsp3) is 0.0500. The zero-order valence-corrected chi connectivity index (χ0v) is 13.8. The molecule has 0 fully saturated rings. The molecule has 0 saturated carbocycles. The number of hydrogen-bond donors (Lipinski definition) is 1. The Morgan fingerprint density at radius 3 is 2.60 bits per heavy atom. The van der Waals surface area contributed by atoms with Gasteiger partial charge in [0.15, 0.2) is 0 Å². The largest absolute Gasteiger partial charge is 0.477 e. The van der Waals surface area contributed by atoms with E-state index in [1.807, 2.05) is 42.5 Å². The lowest BCUT2D eigenvalue weighted by atomic mass is 10.0. The molecule has 4 aromatic rings. The van der Waals surface area contributed by atoms with Gasteiger partial charge in [-0.3, -0.25) is 0 Å². The Morgan fingerprint density at radius 1 is 1.04 bits per heavy atom. The van der Waals surface area contributed by atoms with E-state index in [0.717, 1.165) is 16.3 Å². The molecule has 5 heteroatoms. The van der Waals surface area contributed by atoms with Crippen molar-refractivity contribution >= 4 is 39.2 Å². The first-order chi connectivity index (χ1) is 12.0. The fourth-order valence-electron chi connectivity index (χ4n) is 3.20. The summed E-state index contributed by atoms with van der Waals surface area (Å²) in [5.74, 6) is -1.62. The van der Waals surface area contributed by atoms with Gasteiger partial charge in [-0.15, -0.1) is 0 Å². The number of benzene rings is 3. The summed E-state index contributed by atoms with van der Waals surface area (Å²) in [7, 11) is 0. The standard InChI is InChI=1S/C20H13ClFNO2/c21-16-10-18-14(8-17(16)22)9-19(20(24)25)23(18)11-13-6-3-5-12-4-1-2-7-15(12)13/h1-10H,11H2,(H,24,25). The number of carboxylic acid groups (broad SMARTS) is 1. The van der Waals surface area contributed by atoms with Gasteiger partial charge in [-0.25, -0.2) is 9.18 Å². The van der Waals surface area contributed by atoms with Gasteiger partial charge in [-0.2, -0.15) is 0 Å². The highest BCUT2D eigenvalue weighted by Gasteiger charge is 2.17. The molecule has 0 spiro atoms. The van der Waals surface area contributed by atoms with Crippen LogP contribution in [0.5, 0.6) is 0 Å². The number of aromatic nitrogens is 1. The number of aromatic carboxylic acids is 1. The summed E-state index contributed by atoms with van der Waals surface area (Å²) in [6, 6.07) is 18.1. The molecule has 0 aliphatic rings. The van der Waals surface area contributed by atoms with Crippen LogP contribution in [0.4, 0.5) is 4.39 Å². The topological polar surface area (TPSA) is 42.2 Å². The Kier molecular flexibility index (Phi) is 3.70. The Bertz CT molecular complexity index is 1130. The molecule has 0 aliphatic carbocycles. The summed E-state index contributed by atoms with van der Waals surface area (Å²) in [4.78, 5) is 11.7. The molecule has 3 nitrogen and oxygen atoms in total. The number of fused-ring (bicyclic) bond motifs is 2. The molecular weight excluding hydrogens is 341 g/mol. The number of nitrogens with zero attached hydrogens (tertiary/aromatic N) is 1. The second kappa shape index (κ2) is 5.90. The molecule has 1 aromatic heterocycles. The molecule has 0 atom stereocenters. The quantitative estimate of drug-likeness (QED) is 0.540. The molecule has 0 amide bonds. The Hall–Kier alpha value is -2.85. The van der Waals surface area contributed by atoms with Crippen LogP contribution in [0.15, 0.2) is 60.7 Å². The second-order valence-electron chi connectivity index (χ2n) is 5.88. The van der Waals surface area contributed by atoms with E-state index in [4.69, 9.17) is 11.6 Å². The van der Waals surface area contributed by atoms with Gasteiger partial charge in [0.2, 0.25) is 0 Å². The molecule has 0 unspecified atom stereocenters. The number of halogens is 2. The van der Waals surface area contributed by atoms with Crippen molar-refractivity contribution in [3.63, 3.8) is 0 Å². The predicted molar refractivity (Wildman–Crippen MR) is 96.9 cm³/mol. The lowest BCUT2D eigenvalue weighted by Crippen LogP contribution is -2.09. The van der Waals surface area contributed by atoms with Gasteiger partial charge < -0.3 is 9.67 Å². The van der Waals surface area contributed by atoms with Gasteiger partial charge in [-0.1, -0.05) is 54.1 Å². The maximum Gasteiger partial charge on any atom is 0.352 e. The molecule has 0 radical (unpaired) electrons. The summed E-state index contributed by atoms with van der Waals surface area (Å²) < 4.78 is 15.4. The van der Waals surface area contributed by atoms with Crippen molar-refractivity contribution in [1.82, 2.24) is 4.57 Å². The minimum Gasteiger partial charge on any atom is -0.477 e. The van der Waals surface area contributed by atoms with E-state index in [1.54, 1.807) is 4.57 Å². The third-order valence-corrected chi connectivity index (χ3v) is 4.66. The molecule has 1 N–H and O–H groups in total. The van der Waals surface area contributed by atoms with E-state index in [0.29, 0.717) is 17.4 Å². The predicted octanol–water partition coefficient (Wildman–Crippen LogP) is 5.33. The zero-order chi connectivity index (χ0) is 17.6. The van der Waals surface area contributed by atoms with Crippen molar-refractivity contribution in [1.29, 1.82) is 0 Å². The van der Waals surface area contributed by atoms with Crippen LogP contribution in [0.25, 0.3) is 21.7 Å². The van der Waals surface area contributed by atoms with E-state index in [-0.39, 0.29) is 10.7 Å². The van der Waals surface area contributed by atoms with Gasteiger partial charge in [0.05, 0.1) is 10.5 Å². The minimum atomic E-state index is -1.06. The monoisotopic (exact) mass is 353 g/mol. The van der Waals surface area contributed by atoms with E-state index < -0.39 is 11.8 Å². The third kappa shape index (κ3) is 2.65. The molecule has 1 heterocycles. The first-order valence-electron chi connectivity index (χ1n) is 7.73. The van der Waals surface area contributed by atoms with Crippen molar-refractivity contribution in [3.05, 3.63) is 82.8 Å². The van der Waals surface area contributed by atoms with Crippen LogP contribution in [0.2, 0.25) is 5.02 Å². The third-order valence-electron chi connectivity index (χ3n) is 4.37. The number of rotatable bonds is 3.